The first-order valence-electron chi connectivity index (χ1n) is 11.6. The molecule has 32 heavy (non-hydrogen) atoms. The Kier molecular flexibility index (Phi) is 6.35. The maximum atomic E-state index is 13.1. The van der Waals surface area contributed by atoms with Gasteiger partial charge in [-0.05, 0) is 80.8 Å². The zero-order chi connectivity index (χ0) is 22.8. The summed E-state index contributed by atoms with van der Waals surface area (Å²) < 4.78 is 5.74. The van der Waals surface area contributed by atoms with Crippen molar-refractivity contribution in [2.45, 2.75) is 65.0 Å². The van der Waals surface area contributed by atoms with E-state index in [9.17, 15) is 14.7 Å². The van der Waals surface area contributed by atoms with Gasteiger partial charge in [0, 0.05) is 12.1 Å². The standard InChI is InChI=1S/C27H31NO4/c1-4-15-28-24(19-11-13-22(14-12-19)32-17(2)3)23(26(30)27(28)31)25(29)21-10-9-18-7-5-6-8-20(18)16-21/h9-14,16-17,24,29H,4-8,15H2,1-3H3/b25-23-. The number of hydrogen-bond donors (Lipinski definition) is 1. The van der Waals surface area contributed by atoms with Crippen LogP contribution in [0.2, 0.25) is 0 Å². The lowest BCUT2D eigenvalue weighted by molar-refractivity contribution is -0.139. The summed E-state index contributed by atoms with van der Waals surface area (Å²) in [6.07, 6.45) is 5.09. The van der Waals surface area contributed by atoms with E-state index < -0.39 is 17.7 Å². The van der Waals surface area contributed by atoms with Crippen molar-refractivity contribution in [1.82, 2.24) is 4.90 Å². The SMILES string of the molecule is CCCN1C(=O)C(=O)/C(=C(\O)c2ccc3c(c2)CCCC3)C1c1ccc(OC(C)C)cc1. The summed E-state index contributed by atoms with van der Waals surface area (Å²) >= 11 is 0. The van der Waals surface area contributed by atoms with Crippen molar-refractivity contribution in [3.05, 3.63) is 70.3 Å². The van der Waals surface area contributed by atoms with E-state index in [1.807, 2.05) is 63.2 Å². The van der Waals surface area contributed by atoms with Crippen LogP contribution in [-0.4, -0.2) is 34.3 Å². The molecule has 0 spiro atoms. The van der Waals surface area contributed by atoms with Crippen LogP contribution in [0.4, 0.5) is 0 Å². The second-order valence-corrected chi connectivity index (χ2v) is 8.92. The molecule has 1 atom stereocenters. The molecule has 0 aromatic heterocycles. The Morgan fingerprint density at radius 3 is 2.41 bits per heavy atom. The monoisotopic (exact) mass is 433 g/mol. The van der Waals surface area contributed by atoms with E-state index in [-0.39, 0.29) is 17.4 Å². The average Bonchev–Trinajstić information content (AvgIpc) is 3.03. The van der Waals surface area contributed by atoms with Crippen LogP contribution in [0.25, 0.3) is 5.76 Å². The van der Waals surface area contributed by atoms with E-state index in [4.69, 9.17) is 4.74 Å². The number of hydrogen-bond acceptors (Lipinski definition) is 4. The minimum absolute atomic E-state index is 0.0515. The Labute approximate surface area is 189 Å². The van der Waals surface area contributed by atoms with E-state index in [0.29, 0.717) is 12.1 Å². The molecule has 1 aliphatic heterocycles. The molecule has 1 aliphatic carbocycles. The van der Waals surface area contributed by atoms with Gasteiger partial charge in [-0.3, -0.25) is 9.59 Å². The van der Waals surface area contributed by atoms with Crippen molar-refractivity contribution in [2.75, 3.05) is 6.54 Å². The lowest BCUT2D eigenvalue weighted by atomic mass is 9.88. The second kappa shape index (κ2) is 9.19. The first-order valence-corrected chi connectivity index (χ1v) is 11.6. The van der Waals surface area contributed by atoms with Crippen LogP contribution in [0.5, 0.6) is 5.75 Å². The number of likely N-dealkylation sites (tertiary alicyclic amines) is 1. The molecule has 0 saturated carbocycles. The predicted octanol–water partition coefficient (Wildman–Crippen LogP) is 5.18. The molecule has 5 heteroatoms. The van der Waals surface area contributed by atoms with Crippen LogP contribution in [0.15, 0.2) is 48.0 Å². The number of rotatable bonds is 6. The van der Waals surface area contributed by atoms with Crippen molar-refractivity contribution in [3.8, 4) is 5.75 Å². The minimum Gasteiger partial charge on any atom is -0.507 e. The average molecular weight is 434 g/mol. The van der Waals surface area contributed by atoms with Gasteiger partial charge in [0.1, 0.15) is 11.5 Å². The Hall–Kier alpha value is -3.08. The second-order valence-electron chi connectivity index (χ2n) is 8.92. The molecule has 1 heterocycles. The highest BCUT2D eigenvalue weighted by molar-refractivity contribution is 6.46. The third kappa shape index (κ3) is 4.16. The molecule has 5 nitrogen and oxygen atoms in total. The molecular formula is C27H31NO4. The molecule has 4 rings (SSSR count). The summed E-state index contributed by atoms with van der Waals surface area (Å²) in [5, 5.41) is 11.3. The maximum absolute atomic E-state index is 13.1. The van der Waals surface area contributed by atoms with E-state index in [1.165, 1.54) is 17.5 Å². The number of Topliss-reactive ketones (excluding diaryl/α,β-unsaturated/α-hetero) is 1. The van der Waals surface area contributed by atoms with Gasteiger partial charge in [0.15, 0.2) is 0 Å². The van der Waals surface area contributed by atoms with Gasteiger partial charge < -0.3 is 14.7 Å². The number of amides is 1. The van der Waals surface area contributed by atoms with E-state index in [2.05, 4.69) is 0 Å². The molecule has 0 bridgehead atoms. The van der Waals surface area contributed by atoms with Gasteiger partial charge in [-0.15, -0.1) is 0 Å². The van der Waals surface area contributed by atoms with Crippen LogP contribution in [-0.2, 0) is 22.4 Å². The fourth-order valence-electron chi connectivity index (χ4n) is 4.74. The number of carbonyl (C=O) groups excluding carboxylic acids is 2. The number of ether oxygens (including phenoxy) is 1. The van der Waals surface area contributed by atoms with Crippen molar-refractivity contribution in [3.63, 3.8) is 0 Å². The fraction of sp³-hybridized carbons (Fsp3) is 0.407. The fourth-order valence-corrected chi connectivity index (χ4v) is 4.74. The third-order valence-corrected chi connectivity index (χ3v) is 6.19. The summed E-state index contributed by atoms with van der Waals surface area (Å²) in [6, 6.07) is 12.7. The van der Waals surface area contributed by atoms with Crippen LogP contribution in [0.1, 0.15) is 68.3 Å². The van der Waals surface area contributed by atoms with Crippen LogP contribution >= 0.6 is 0 Å². The zero-order valence-corrected chi connectivity index (χ0v) is 19.1. The molecule has 1 unspecified atom stereocenters. The number of nitrogens with zero attached hydrogens (tertiary/aromatic N) is 1. The molecule has 1 N–H and O–H groups in total. The van der Waals surface area contributed by atoms with Gasteiger partial charge in [0.25, 0.3) is 11.7 Å². The third-order valence-electron chi connectivity index (χ3n) is 6.19. The van der Waals surface area contributed by atoms with Gasteiger partial charge in [0.2, 0.25) is 0 Å². The number of aliphatic hydroxyl groups is 1. The molecule has 1 saturated heterocycles. The summed E-state index contributed by atoms with van der Waals surface area (Å²) in [7, 11) is 0. The molecule has 2 aromatic carbocycles. The Balaban J connectivity index is 1.79. The Morgan fingerprint density at radius 1 is 1.06 bits per heavy atom. The number of carbonyl (C=O) groups is 2. The zero-order valence-electron chi connectivity index (χ0n) is 19.1. The molecular weight excluding hydrogens is 402 g/mol. The topological polar surface area (TPSA) is 66.8 Å². The van der Waals surface area contributed by atoms with Gasteiger partial charge in [-0.1, -0.05) is 31.2 Å². The van der Waals surface area contributed by atoms with Crippen molar-refractivity contribution in [2.24, 2.45) is 0 Å². The molecule has 2 aliphatic rings. The lowest BCUT2D eigenvalue weighted by Crippen LogP contribution is -2.30. The first-order chi connectivity index (χ1) is 15.4. The van der Waals surface area contributed by atoms with E-state index in [1.54, 1.807) is 4.90 Å². The molecule has 0 radical (unpaired) electrons. The van der Waals surface area contributed by atoms with Crippen molar-refractivity contribution >= 4 is 17.4 Å². The predicted molar refractivity (Wildman–Crippen MR) is 125 cm³/mol. The normalized spacial score (nSPS) is 20.0. The quantitative estimate of drug-likeness (QED) is 0.387. The van der Waals surface area contributed by atoms with Crippen molar-refractivity contribution < 1.29 is 19.4 Å². The largest absolute Gasteiger partial charge is 0.507 e. The summed E-state index contributed by atoms with van der Waals surface area (Å²) in [4.78, 5) is 27.5. The van der Waals surface area contributed by atoms with Crippen LogP contribution in [0.3, 0.4) is 0 Å². The number of fused-ring (bicyclic) bond motifs is 1. The molecule has 2 aromatic rings. The number of aliphatic hydroxyl groups excluding tert-OH is 1. The highest BCUT2D eigenvalue weighted by Crippen LogP contribution is 2.40. The highest BCUT2D eigenvalue weighted by atomic mass is 16.5. The van der Waals surface area contributed by atoms with Crippen LogP contribution < -0.4 is 4.74 Å². The lowest BCUT2D eigenvalue weighted by Gasteiger charge is -2.25. The van der Waals surface area contributed by atoms with Crippen molar-refractivity contribution in [1.29, 1.82) is 0 Å². The van der Waals surface area contributed by atoms with Gasteiger partial charge in [-0.25, -0.2) is 0 Å². The molecule has 168 valence electrons. The molecule has 1 amide bonds. The number of benzene rings is 2. The van der Waals surface area contributed by atoms with Gasteiger partial charge in [-0.2, -0.15) is 0 Å². The first kappa shape index (κ1) is 22.1. The number of aryl methyl sites for hydroxylation is 2. The Bertz CT molecular complexity index is 1050. The van der Waals surface area contributed by atoms with Gasteiger partial charge in [0.05, 0.1) is 17.7 Å². The summed E-state index contributed by atoms with van der Waals surface area (Å²) in [5.41, 5.74) is 4.07. The van der Waals surface area contributed by atoms with E-state index in [0.717, 1.165) is 37.0 Å². The van der Waals surface area contributed by atoms with E-state index >= 15 is 0 Å². The smallest absolute Gasteiger partial charge is 0.295 e. The minimum atomic E-state index is -0.624. The summed E-state index contributed by atoms with van der Waals surface area (Å²) in [5.74, 6) is -0.547. The number of ketones is 1. The summed E-state index contributed by atoms with van der Waals surface area (Å²) in [6.45, 7) is 6.34. The van der Waals surface area contributed by atoms with Crippen LogP contribution in [0, 0.1) is 0 Å². The maximum Gasteiger partial charge on any atom is 0.295 e. The molecule has 1 fully saturated rings. The van der Waals surface area contributed by atoms with Gasteiger partial charge >= 0.3 is 0 Å². The Morgan fingerprint density at radius 2 is 1.75 bits per heavy atom. The highest BCUT2D eigenvalue weighted by Gasteiger charge is 2.45.